The van der Waals surface area contributed by atoms with Crippen molar-refractivity contribution in [2.24, 2.45) is 16.8 Å². The van der Waals surface area contributed by atoms with Gasteiger partial charge >= 0.3 is 0 Å². The van der Waals surface area contributed by atoms with Gasteiger partial charge in [0.1, 0.15) is 5.75 Å². The van der Waals surface area contributed by atoms with Gasteiger partial charge in [-0.2, -0.15) is 0 Å². The standard InChI is InChI=1S/C18H24ClN3O2/c1-20-18(21-8-11-3-4-12(19)7-17(11)23-2)22-9-13-14(10-22)16-6-5-15(13)24-16/h3-4,7,13-16H,5-6,8-10H2,1-2H3,(H,20,21). The Hall–Kier alpha value is -1.46. The summed E-state index contributed by atoms with van der Waals surface area (Å²) in [4.78, 5) is 6.86. The van der Waals surface area contributed by atoms with Crippen LogP contribution in [-0.2, 0) is 11.3 Å². The van der Waals surface area contributed by atoms with Crippen LogP contribution in [0.15, 0.2) is 23.2 Å². The molecule has 4 atom stereocenters. The Balaban J connectivity index is 1.41. The van der Waals surface area contributed by atoms with Crippen molar-refractivity contribution in [2.45, 2.75) is 31.6 Å². The van der Waals surface area contributed by atoms with Gasteiger partial charge in [-0.15, -0.1) is 0 Å². The molecule has 6 heteroatoms. The average molecular weight is 350 g/mol. The van der Waals surface area contributed by atoms with Crippen LogP contribution in [0.3, 0.4) is 0 Å². The SMILES string of the molecule is CN=C(NCc1ccc(Cl)cc1OC)N1CC2C3CCC(O3)C2C1. The summed E-state index contributed by atoms with van der Waals surface area (Å²) in [6.07, 6.45) is 3.40. The van der Waals surface area contributed by atoms with Gasteiger partial charge in [-0.3, -0.25) is 4.99 Å². The van der Waals surface area contributed by atoms with E-state index in [9.17, 15) is 0 Å². The Labute approximate surface area is 148 Å². The Morgan fingerprint density at radius 1 is 1.33 bits per heavy atom. The molecule has 3 fully saturated rings. The Morgan fingerprint density at radius 2 is 2.04 bits per heavy atom. The quantitative estimate of drug-likeness (QED) is 0.673. The summed E-state index contributed by atoms with van der Waals surface area (Å²) in [6.45, 7) is 2.76. The van der Waals surface area contributed by atoms with Crippen LogP contribution in [0.25, 0.3) is 0 Å². The van der Waals surface area contributed by atoms with Crippen molar-refractivity contribution < 1.29 is 9.47 Å². The maximum atomic E-state index is 6.06. The van der Waals surface area contributed by atoms with Gasteiger partial charge in [0.2, 0.25) is 0 Å². The maximum absolute atomic E-state index is 6.06. The van der Waals surface area contributed by atoms with E-state index >= 15 is 0 Å². The highest BCUT2D eigenvalue weighted by atomic mass is 35.5. The summed E-state index contributed by atoms with van der Waals surface area (Å²) >= 11 is 6.03. The van der Waals surface area contributed by atoms with E-state index in [2.05, 4.69) is 15.2 Å². The van der Waals surface area contributed by atoms with Gasteiger partial charge in [-0.05, 0) is 25.0 Å². The second kappa shape index (κ2) is 6.45. The maximum Gasteiger partial charge on any atom is 0.193 e. The van der Waals surface area contributed by atoms with Crippen LogP contribution in [-0.4, -0.2) is 50.3 Å². The summed E-state index contributed by atoms with van der Waals surface area (Å²) in [7, 11) is 3.52. The molecule has 0 spiro atoms. The third-order valence-corrected chi connectivity index (χ3v) is 5.89. The highest BCUT2D eigenvalue weighted by Crippen LogP contribution is 2.47. The van der Waals surface area contributed by atoms with Gasteiger partial charge in [0.15, 0.2) is 5.96 Å². The number of benzene rings is 1. The lowest BCUT2D eigenvalue weighted by atomic mass is 9.82. The van der Waals surface area contributed by atoms with Gasteiger partial charge in [0.05, 0.1) is 19.3 Å². The van der Waals surface area contributed by atoms with Gasteiger partial charge in [-0.1, -0.05) is 17.7 Å². The van der Waals surface area contributed by atoms with Crippen LogP contribution in [0.4, 0.5) is 0 Å². The molecule has 3 saturated heterocycles. The highest BCUT2D eigenvalue weighted by molar-refractivity contribution is 6.30. The number of hydrogen-bond donors (Lipinski definition) is 1. The lowest BCUT2D eigenvalue weighted by molar-refractivity contribution is 0.0767. The van der Waals surface area contributed by atoms with Crippen LogP contribution in [0.2, 0.25) is 5.02 Å². The average Bonchev–Trinajstić information content (AvgIpc) is 3.29. The Kier molecular flexibility index (Phi) is 4.31. The minimum Gasteiger partial charge on any atom is -0.496 e. The zero-order valence-electron chi connectivity index (χ0n) is 14.2. The number of nitrogens with zero attached hydrogens (tertiary/aromatic N) is 2. The number of aliphatic imine (C=N–C) groups is 1. The summed E-state index contributed by atoms with van der Waals surface area (Å²) in [5, 5.41) is 4.16. The molecule has 0 aliphatic carbocycles. The smallest absolute Gasteiger partial charge is 0.193 e. The molecule has 3 aliphatic heterocycles. The summed E-state index contributed by atoms with van der Waals surface area (Å²) in [5.74, 6) is 3.11. The molecule has 5 nitrogen and oxygen atoms in total. The summed E-state index contributed by atoms with van der Waals surface area (Å²) < 4.78 is 11.5. The fourth-order valence-corrected chi connectivity index (χ4v) is 4.67. The zero-order valence-corrected chi connectivity index (χ0v) is 14.9. The van der Waals surface area contributed by atoms with Crippen molar-refractivity contribution in [3.05, 3.63) is 28.8 Å². The fraction of sp³-hybridized carbons (Fsp3) is 0.611. The van der Waals surface area contributed by atoms with Gasteiger partial charge in [0.25, 0.3) is 0 Å². The second-order valence-electron chi connectivity index (χ2n) is 6.88. The number of guanidine groups is 1. The number of rotatable bonds is 3. The third kappa shape index (κ3) is 2.74. The van der Waals surface area contributed by atoms with Crippen molar-refractivity contribution in [1.29, 1.82) is 0 Å². The molecular formula is C18H24ClN3O2. The molecule has 3 heterocycles. The minimum absolute atomic E-state index is 0.472. The Bertz CT molecular complexity index is 633. The normalized spacial score (nSPS) is 31.5. The summed E-state index contributed by atoms with van der Waals surface area (Å²) in [6, 6.07) is 5.73. The molecule has 2 bridgehead atoms. The van der Waals surface area contributed by atoms with E-state index in [4.69, 9.17) is 21.1 Å². The highest BCUT2D eigenvalue weighted by Gasteiger charge is 2.53. The molecule has 4 unspecified atom stereocenters. The molecule has 24 heavy (non-hydrogen) atoms. The number of halogens is 1. The topological polar surface area (TPSA) is 46.1 Å². The molecule has 0 saturated carbocycles. The van der Waals surface area contributed by atoms with E-state index in [1.165, 1.54) is 12.8 Å². The van der Waals surface area contributed by atoms with Crippen LogP contribution >= 0.6 is 11.6 Å². The molecule has 1 N–H and O–H groups in total. The van der Waals surface area contributed by atoms with E-state index in [1.54, 1.807) is 7.11 Å². The summed E-state index contributed by atoms with van der Waals surface area (Å²) in [5.41, 5.74) is 1.07. The van der Waals surface area contributed by atoms with Crippen molar-refractivity contribution in [1.82, 2.24) is 10.2 Å². The number of ether oxygens (including phenoxy) is 2. The Morgan fingerprint density at radius 3 is 2.67 bits per heavy atom. The number of fused-ring (bicyclic) bond motifs is 5. The van der Waals surface area contributed by atoms with Crippen molar-refractivity contribution in [3.63, 3.8) is 0 Å². The third-order valence-electron chi connectivity index (χ3n) is 5.65. The van der Waals surface area contributed by atoms with Gasteiger partial charge < -0.3 is 19.7 Å². The van der Waals surface area contributed by atoms with Crippen molar-refractivity contribution >= 4 is 17.6 Å². The monoisotopic (exact) mass is 349 g/mol. The molecule has 0 amide bonds. The first-order valence-corrected chi connectivity index (χ1v) is 9.01. The predicted octanol–water partition coefficient (Wildman–Crippen LogP) is 2.53. The van der Waals surface area contributed by atoms with Crippen LogP contribution < -0.4 is 10.1 Å². The number of hydrogen-bond acceptors (Lipinski definition) is 3. The van der Waals surface area contributed by atoms with Crippen LogP contribution in [0, 0.1) is 11.8 Å². The van der Waals surface area contributed by atoms with E-state index in [1.807, 2.05) is 25.2 Å². The van der Waals surface area contributed by atoms with Crippen LogP contribution in [0.1, 0.15) is 18.4 Å². The predicted molar refractivity (Wildman–Crippen MR) is 94.7 cm³/mol. The first-order valence-electron chi connectivity index (χ1n) is 8.63. The lowest BCUT2D eigenvalue weighted by Crippen LogP contribution is -2.41. The first kappa shape index (κ1) is 16.0. The molecule has 0 aromatic heterocycles. The first-order chi connectivity index (χ1) is 11.7. The number of methoxy groups -OCH3 is 1. The number of nitrogens with one attached hydrogen (secondary N) is 1. The molecule has 0 radical (unpaired) electrons. The van der Waals surface area contributed by atoms with E-state index in [0.29, 0.717) is 35.6 Å². The van der Waals surface area contributed by atoms with Gasteiger partial charge in [-0.25, -0.2) is 0 Å². The molecule has 130 valence electrons. The fourth-order valence-electron chi connectivity index (χ4n) is 4.50. The molecule has 1 aromatic rings. The van der Waals surface area contributed by atoms with E-state index in [0.717, 1.165) is 30.4 Å². The number of likely N-dealkylation sites (tertiary alicyclic amines) is 1. The molecule has 1 aromatic carbocycles. The molecule has 4 rings (SSSR count). The molecule has 3 aliphatic rings. The lowest BCUT2D eigenvalue weighted by Gasteiger charge is -2.23. The van der Waals surface area contributed by atoms with Crippen molar-refractivity contribution in [3.8, 4) is 5.75 Å². The zero-order chi connectivity index (χ0) is 16.7. The minimum atomic E-state index is 0.472. The second-order valence-corrected chi connectivity index (χ2v) is 7.32. The van der Waals surface area contributed by atoms with Gasteiger partial charge in [0, 0.05) is 49.1 Å². The van der Waals surface area contributed by atoms with Crippen molar-refractivity contribution in [2.75, 3.05) is 27.2 Å². The van der Waals surface area contributed by atoms with E-state index in [-0.39, 0.29) is 0 Å². The van der Waals surface area contributed by atoms with Crippen LogP contribution in [0.5, 0.6) is 5.75 Å². The molecular weight excluding hydrogens is 326 g/mol. The largest absolute Gasteiger partial charge is 0.496 e. The van der Waals surface area contributed by atoms with E-state index < -0.39 is 0 Å².